The number of aryl methyl sites for hydroxylation is 2. The average molecular weight is 396 g/mol. The molecule has 0 bridgehead atoms. The topological polar surface area (TPSA) is 63.2 Å². The molecule has 1 N–H and O–H groups in total. The fraction of sp³-hybridized carbons (Fsp3) is 0.235. The number of benzene rings is 2. The molecular formula is C17H18BrNO3S. The van der Waals surface area contributed by atoms with Crippen LogP contribution in [0, 0.1) is 13.8 Å². The fourth-order valence-electron chi connectivity index (χ4n) is 2.02. The minimum Gasteiger partial charge on any atom is -0.325 e. The van der Waals surface area contributed by atoms with Crippen molar-refractivity contribution >= 4 is 37.4 Å². The van der Waals surface area contributed by atoms with E-state index in [0.29, 0.717) is 5.69 Å². The van der Waals surface area contributed by atoms with Crippen LogP contribution in [0.5, 0.6) is 0 Å². The third kappa shape index (κ3) is 4.91. The number of halogens is 1. The van der Waals surface area contributed by atoms with E-state index in [1.807, 2.05) is 26.0 Å². The van der Waals surface area contributed by atoms with Crippen LogP contribution < -0.4 is 5.32 Å². The predicted molar refractivity (Wildman–Crippen MR) is 95.4 cm³/mol. The summed E-state index contributed by atoms with van der Waals surface area (Å²) in [7, 11) is -3.45. The minimum absolute atomic E-state index is 0.0868. The van der Waals surface area contributed by atoms with Gasteiger partial charge in [-0.1, -0.05) is 23.8 Å². The summed E-state index contributed by atoms with van der Waals surface area (Å²) in [6.07, 6.45) is -0.0868. The van der Waals surface area contributed by atoms with E-state index < -0.39 is 9.84 Å². The van der Waals surface area contributed by atoms with Gasteiger partial charge in [-0.05, 0) is 59.6 Å². The number of hydrogen-bond acceptors (Lipinski definition) is 3. The molecule has 0 saturated heterocycles. The van der Waals surface area contributed by atoms with Crippen molar-refractivity contribution in [2.45, 2.75) is 25.2 Å². The van der Waals surface area contributed by atoms with E-state index in [0.717, 1.165) is 15.6 Å². The third-order valence-electron chi connectivity index (χ3n) is 3.38. The molecule has 0 aliphatic carbocycles. The number of nitrogens with one attached hydrogen (secondary N) is 1. The molecule has 0 saturated carbocycles. The summed E-state index contributed by atoms with van der Waals surface area (Å²) in [6, 6.07) is 12.2. The van der Waals surface area contributed by atoms with Crippen LogP contribution in [0.3, 0.4) is 0 Å². The van der Waals surface area contributed by atoms with Crippen molar-refractivity contribution in [3.8, 4) is 0 Å². The van der Waals surface area contributed by atoms with E-state index in [4.69, 9.17) is 0 Å². The first-order valence-corrected chi connectivity index (χ1v) is 9.58. The molecular weight excluding hydrogens is 378 g/mol. The van der Waals surface area contributed by atoms with Gasteiger partial charge in [0.15, 0.2) is 9.84 Å². The Hall–Kier alpha value is -1.66. The Labute approximate surface area is 145 Å². The standard InChI is InChI=1S/C17H18BrNO3S/c1-12-3-6-14(7-4-12)23(21,22)10-9-17(20)19-16-8-5-13(2)11-15(16)18/h3-8,11H,9-10H2,1-2H3,(H,19,20). The van der Waals surface area contributed by atoms with Crippen LogP contribution in [-0.4, -0.2) is 20.1 Å². The maximum absolute atomic E-state index is 12.2. The van der Waals surface area contributed by atoms with Gasteiger partial charge in [0, 0.05) is 10.9 Å². The van der Waals surface area contributed by atoms with Crippen molar-refractivity contribution in [2.75, 3.05) is 11.1 Å². The van der Waals surface area contributed by atoms with Gasteiger partial charge in [-0.25, -0.2) is 8.42 Å². The number of anilines is 1. The summed E-state index contributed by atoms with van der Waals surface area (Å²) in [4.78, 5) is 12.2. The molecule has 122 valence electrons. The van der Waals surface area contributed by atoms with Crippen LogP contribution >= 0.6 is 15.9 Å². The molecule has 0 radical (unpaired) electrons. The summed E-state index contributed by atoms with van der Waals surface area (Å²) >= 11 is 3.38. The van der Waals surface area contributed by atoms with E-state index in [-0.39, 0.29) is 23.0 Å². The van der Waals surface area contributed by atoms with Gasteiger partial charge in [0.1, 0.15) is 0 Å². The second kappa shape index (κ2) is 7.27. The predicted octanol–water partition coefficient (Wildman–Crippen LogP) is 3.87. The molecule has 0 aliphatic heterocycles. The summed E-state index contributed by atoms with van der Waals surface area (Å²) in [5.74, 6) is -0.545. The van der Waals surface area contributed by atoms with Crippen LogP contribution in [-0.2, 0) is 14.6 Å². The molecule has 2 rings (SSSR count). The monoisotopic (exact) mass is 395 g/mol. The van der Waals surface area contributed by atoms with Crippen LogP contribution in [0.4, 0.5) is 5.69 Å². The average Bonchev–Trinajstić information content (AvgIpc) is 2.49. The molecule has 0 spiro atoms. The molecule has 1 amide bonds. The highest BCUT2D eigenvalue weighted by molar-refractivity contribution is 9.10. The minimum atomic E-state index is -3.45. The maximum atomic E-state index is 12.2. The lowest BCUT2D eigenvalue weighted by atomic mass is 10.2. The lowest BCUT2D eigenvalue weighted by molar-refractivity contribution is -0.115. The van der Waals surface area contributed by atoms with Gasteiger partial charge in [-0.15, -0.1) is 0 Å². The number of hydrogen-bond donors (Lipinski definition) is 1. The Morgan fingerprint density at radius 3 is 2.26 bits per heavy atom. The van der Waals surface area contributed by atoms with Crippen molar-refractivity contribution in [3.63, 3.8) is 0 Å². The van der Waals surface area contributed by atoms with Gasteiger partial charge < -0.3 is 5.32 Å². The van der Waals surface area contributed by atoms with Gasteiger partial charge in [-0.3, -0.25) is 4.79 Å². The molecule has 23 heavy (non-hydrogen) atoms. The Morgan fingerprint density at radius 1 is 1.04 bits per heavy atom. The fourth-order valence-corrected chi connectivity index (χ4v) is 3.86. The van der Waals surface area contributed by atoms with E-state index in [9.17, 15) is 13.2 Å². The lowest BCUT2D eigenvalue weighted by Gasteiger charge is -2.09. The Morgan fingerprint density at radius 2 is 1.65 bits per heavy atom. The molecule has 6 heteroatoms. The molecule has 0 unspecified atom stereocenters. The zero-order valence-corrected chi connectivity index (χ0v) is 15.4. The molecule has 0 atom stereocenters. The second-order valence-corrected chi connectivity index (χ2v) is 8.38. The summed E-state index contributed by atoms with van der Waals surface area (Å²) < 4.78 is 25.2. The van der Waals surface area contributed by atoms with Crippen LogP contribution in [0.1, 0.15) is 17.5 Å². The smallest absolute Gasteiger partial charge is 0.225 e. The number of carbonyl (C=O) groups excluding carboxylic acids is 1. The number of rotatable bonds is 5. The van der Waals surface area contributed by atoms with Crippen molar-refractivity contribution in [2.24, 2.45) is 0 Å². The first-order valence-electron chi connectivity index (χ1n) is 7.13. The number of sulfone groups is 1. The molecule has 0 aromatic heterocycles. The second-order valence-electron chi connectivity index (χ2n) is 5.41. The SMILES string of the molecule is Cc1ccc(S(=O)(=O)CCC(=O)Nc2ccc(C)cc2Br)cc1. The van der Waals surface area contributed by atoms with E-state index in [1.165, 1.54) is 0 Å². The molecule has 0 aliphatic rings. The maximum Gasteiger partial charge on any atom is 0.225 e. The molecule has 2 aromatic rings. The summed E-state index contributed by atoms with van der Waals surface area (Å²) in [6.45, 7) is 3.84. The van der Waals surface area contributed by atoms with Crippen molar-refractivity contribution in [1.82, 2.24) is 0 Å². The highest BCUT2D eigenvalue weighted by Crippen LogP contribution is 2.23. The number of amides is 1. The third-order valence-corrected chi connectivity index (χ3v) is 5.76. The van der Waals surface area contributed by atoms with Gasteiger partial charge in [0.25, 0.3) is 0 Å². The van der Waals surface area contributed by atoms with Crippen molar-refractivity contribution in [3.05, 3.63) is 58.1 Å². The van der Waals surface area contributed by atoms with Gasteiger partial charge in [0.2, 0.25) is 5.91 Å². The van der Waals surface area contributed by atoms with E-state index in [1.54, 1.807) is 30.3 Å². The first-order chi connectivity index (χ1) is 10.8. The van der Waals surface area contributed by atoms with Crippen molar-refractivity contribution < 1.29 is 13.2 Å². The largest absolute Gasteiger partial charge is 0.325 e. The number of carbonyl (C=O) groups is 1. The molecule has 2 aromatic carbocycles. The highest BCUT2D eigenvalue weighted by atomic mass is 79.9. The lowest BCUT2D eigenvalue weighted by Crippen LogP contribution is -2.17. The summed E-state index contributed by atoms with van der Waals surface area (Å²) in [5, 5.41) is 2.72. The van der Waals surface area contributed by atoms with Crippen LogP contribution in [0.25, 0.3) is 0 Å². The summed E-state index contributed by atoms with van der Waals surface area (Å²) in [5.41, 5.74) is 2.69. The highest BCUT2D eigenvalue weighted by Gasteiger charge is 2.16. The van der Waals surface area contributed by atoms with Crippen molar-refractivity contribution in [1.29, 1.82) is 0 Å². The zero-order valence-electron chi connectivity index (χ0n) is 13.0. The zero-order chi connectivity index (χ0) is 17.0. The Kier molecular flexibility index (Phi) is 5.59. The Bertz CT molecular complexity index is 814. The molecule has 0 heterocycles. The normalized spacial score (nSPS) is 11.3. The van der Waals surface area contributed by atoms with E-state index >= 15 is 0 Å². The van der Waals surface area contributed by atoms with Crippen LogP contribution in [0.2, 0.25) is 0 Å². The van der Waals surface area contributed by atoms with Gasteiger partial charge >= 0.3 is 0 Å². The van der Waals surface area contributed by atoms with Gasteiger partial charge in [-0.2, -0.15) is 0 Å². The quantitative estimate of drug-likeness (QED) is 0.835. The first kappa shape index (κ1) is 17.7. The van der Waals surface area contributed by atoms with Gasteiger partial charge in [0.05, 0.1) is 16.3 Å². The molecule has 4 nitrogen and oxygen atoms in total. The van der Waals surface area contributed by atoms with Crippen LogP contribution in [0.15, 0.2) is 51.8 Å². The molecule has 0 fully saturated rings. The Balaban J connectivity index is 1.99. The van der Waals surface area contributed by atoms with E-state index in [2.05, 4.69) is 21.2 Å².